The molecule has 0 amide bonds. The third-order valence-electron chi connectivity index (χ3n) is 5.86. The summed E-state index contributed by atoms with van der Waals surface area (Å²) in [6.07, 6.45) is 6.60. The van der Waals surface area contributed by atoms with Crippen molar-refractivity contribution in [2.45, 2.75) is 52.0 Å². The van der Waals surface area contributed by atoms with Crippen molar-refractivity contribution in [3.63, 3.8) is 0 Å². The highest BCUT2D eigenvalue weighted by Crippen LogP contribution is 2.41. The van der Waals surface area contributed by atoms with Crippen molar-refractivity contribution in [2.24, 2.45) is 0 Å². The SMILES string of the molecule is COc1cc(Cl)c(-c2c(C)nn3c(NCCNC4CCCCC4)cc(C)nc23)c(Cl)c1. The van der Waals surface area contributed by atoms with E-state index >= 15 is 0 Å². The first-order valence-electron chi connectivity index (χ1n) is 10.9. The molecular formula is C23H29Cl2N5O. The lowest BCUT2D eigenvalue weighted by molar-refractivity contribution is 0.378. The quantitative estimate of drug-likeness (QED) is 0.444. The van der Waals surface area contributed by atoms with Crippen molar-refractivity contribution >= 4 is 34.7 Å². The predicted octanol–water partition coefficient (Wildman–Crippen LogP) is 5.66. The monoisotopic (exact) mass is 461 g/mol. The molecule has 2 aromatic heterocycles. The number of rotatable bonds is 7. The number of hydrogen-bond acceptors (Lipinski definition) is 5. The fourth-order valence-electron chi connectivity index (χ4n) is 4.34. The Labute approximate surface area is 193 Å². The smallest absolute Gasteiger partial charge is 0.165 e. The molecule has 1 aliphatic carbocycles. The highest BCUT2D eigenvalue weighted by molar-refractivity contribution is 6.39. The number of anilines is 1. The molecule has 0 aliphatic heterocycles. The lowest BCUT2D eigenvalue weighted by atomic mass is 9.95. The molecule has 2 N–H and O–H groups in total. The van der Waals surface area contributed by atoms with Crippen LogP contribution in [0.3, 0.4) is 0 Å². The summed E-state index contributed by atoms with van der Waals surface area (Å²) in [5.74, 6) is 1.52. The molecular weight excluding hydrogens is 433 g/mol. The molecule has 0 atom stereocenters. The number of nitrogens with one attached hydrogen (secondary N) is 2. The zero-order valence-corrected chi connectivity index (χ0v) is 19.8. The van der Waals surface area contributed by atoms with E-state index in [1.54, 1.807) is 19.2 Å². The van der Waals surface area contributed by atoms with Crippen LogP contribution in [0, 0.1) is 13.8 Å². The summed E-state index contributed by atoms with van der Waals surface area (Å²) in [5.41, 5.74) is 4.01. The fraction of sp³-hybridized carbons (Fsp3) is 0.478. The summed E-state index contributed by atoms with van der Waals surface area (Å²) in [5, 5.41) is 13.0. The van der Waals surface area contributed by atoms with E-state index in [4.69, 9.17) is 38.0 Å². The zero-order valence-electron chi connectivity index (χ0n) is 18.3. The summed E-state index contributed by atoms with van der Waals surface area (Å²) in [7, 11) is 1.59. The molecule has 0 saturated heterocycles. The number of aromatic nitrogens is 3. The van der Waals surface area contributed by atoms with Crippen LogP contribution in [0.15, 0.2) is 18.2 Å². The van der Waals surface area contributed by atoms with E-state index in [9.17, 15) is 0 Å². The summed E-state index contributed by atoms with van der Waals surface area (Å²) in [4.78, 5) is 4.76. The molecule has 2 heterocycles. The molecule has 1 aromatic carbocycles. The molecule has 6 nitrogen and oxygen atoms in total. The van der Waals surface area contributed by atoms with Gasteiger partial charge in [-0.3, -0.25) is 0 Å². The molecule has 0 unspecified atom stereocenters. The van der Waals surface area contributed by atoms with Gasteiger partial charge in [-0.25, -0.2) is 4.98 Å². The van der Waals surface area contributed by atoms with Crippen molar-refractivity contribution < 1.29 is 4.74 Å². The number of ether oxygens (including phenoxy) is 1. The minimum absolute atomic E-state index is 0.511. The Morgan fingerprint density at radius 3 is 2.42 bits per heavy atom. The normalized spacial score (nSPS) is 14.9. The largest absolute Gasteiger partial charge is 0.497 e. The van der Waals surface area contributed by atoms with Crippen LogP contribution in [0.5, 0.6) is 5.75 Å². The van der Waals surface area contributed by atoms with Crippen molar-refractivity contribution in [3.05, 3.63) is 39.6 Å². The average molecular weight is 462 g/mol. The predicted molar refractivity (Wildman–Crippen MR) is 128 cm³/mol. The van der Waals surface area contributed by atoms with Crippen LogP contribution < -0.4 is 15.4 Å². The van der Waals surface area contributed by atoms with Crippen molar-refractivity contribution in [1.82, 2.24) is 19.9 Å². The summed E-state index contributed by atoms with van der Waals surface area (Å²) in [6.45, 7) is 5.66. The Balaban J connectivity index is 1.61. The van der Waals surface area contributed by atoms with Gasteiger partial charge in [0.15, 0.2) is 5.65 Å². The number of methoxy groups -OCH3 is 1. The van der Waals surface area contributed by atoms with E-state index in [0.717, 1.165) is 47.1 Å². The van der Waals surface area contributed by atoms with Crippen molar-refractivity contribution in [2.75, 3.05) is 25.5 Å². The molecule has 0 bridgehead atoms. The van der Waals surface area contributed by atoms with Gasteiger partial charge in [-0.1, -0.05) is 42.5 Å². The summed E-state index contributed by atoms with van der Waals surface area (Å²) >= 11 is 13.2. The van der Waals surface area contributed by atoms with E-state index in [1.807, 2.05) is 24.4 Å². The second-order valence-corrected chi connectivity index (χ2v) is 8.97. The Morgan fingerprint density at radius 1 is 1.03 bits per heavy atom. The van der Waals surface area contributed by atoms with Gasteiger partial charge < -0.3 is 15.4 Å². The van der Waals surface area contributed by atoms with Gasteiger partial charge >= 0.3 is 0 Å². The second-order valence-electron chi connectivity index (χ2n) is 8.16. The fourth-order valence-corrected chi connectivity index (χ4v) is 5.00. The maximum Gasteiger partial charge on any atom is 0.165 e. The number of benzene rings is 1. The third kappa shape index (κ3) is 4.76. The standard InChI is InChI=1S/C23H29Cl2N5O/c1-14-11-20(27-10-9-26-16-7-5-4-6-8-16)30-23(28-14)21(15(2)29-30)22-18(24)12-17(31-3)13-19(22)25/h11-13,16,26-27H,4-10H2,1-3H3. The number of hydrogen-bond donors (Lipinski definition) is 2. The van der Waals surface area contributed by atoms with E-state index in [2.05, 4.69) is 10.6 Å². The van der Waals surface area contributed by atoms with Crippen LogP contribution in [0.1, 0.15) is 43.5 Å². The third-order valence-corrected chi connectivity index (χ3v) is 6.46. The van der Waals surface area contributed by atoms with E-state index in [1.165, 1.54) is 32.1 Å². The molecule has 0 spiro atoms. The molecule has 1 aliphatic rings. The first-order valence-corrected chi connectivity index (χ1v) is 11.6. The summed E-state index contributed by atoms with van der Waals surface area (Å²) in [6, 6.07) is 6.18. The Morgan fingerprint density at radius 2 is 1.74 bits per heavy atom. The maximum absolute atomic E-state index is 6.58. The molecule has 31 heavy (non-hydrogen) atoms. The van der Waals surface area contributed by atoms with Crippen LogP contribution in [-0.4, -0.2) is 40.8 Å². The molecule has 1 saturated carbocycles. The lowest BCUT2D eigenvalue weighted by Gasteiger charge is -2.23. The molecule has 1 fully saturated rings. The second kappa shape index (κ2) is 9.63. The van der Waals surface area contributed by atoms with Crippen molar-refractivity contribution in [3.8, 4) is 16.9 Å². The lowest BCUT2D eigenvalue weighted by Crippen LogP contribution is -2.34. The zero-order chi connectivity index (χ0) is 22.0. The van der Waals surface area contributed by atoms with Gasteiger partial charge in [-0.15, -0.1) is 0 Å². The van der Waals surface area contributed by atoms with Gasteiger partial charge in [-0.05, 0) is 38.8 Å². The van der Waals surface area contributed by atoms with Crippen LogP contribution >= 0.6 is 23.2 Å². The van der Waals surface area contributed by atoms with E-state index < -0.39 is 0 Å². The Hall–Kier alpha value is -2.02. The maximum atomic E-state index is 6.58. The van der Waals surface area contributed by atoms with Crippen LogP contribution in [0.25, 0.3) is 16.8 Å². The Bertz CT molecular complexity index is 1050. The van der Waals surface area contributed by atoms with E-state index in [-0.39, 0.29) is 0 Å². The Kier molecular flexibility index (Phi) is 6.89. The molecule has 0 radical (unpaired) electrons. The first-order chi connectivity index (χ1) is 15.0. The minimum Gasteiger partial charge on any atom is -0.497 e. The van der Waals surface area contributed by atoms with Crippen molar-refractivity contribution in [1.29, 1.82) is 0 Å². The molecule has 3 aromatic rings. The molecule has 4 rings (SSSR count). The number of fused-ring (bicyclic) bond motifs is 1. The van der Waals surface area contributed by atoms with Crippen LogP contribution in [0.2, 0.25) is 10.0 Å². The number of aryl methyl sites for hydroxylation is 2. The highest BCUT2D eigenvalue weighted by Gasteiger charge is 2.21. The van der Waals surface area contributed by atoms with Gasteiger partial charge in [0.1, 0.15) is 11.6 Å². The van der Waals surface area contributed by atoms with Gasteiger partial charge in [0, 0.05) is 36.5 Å². The van der Waals surface area contributed by atoms with Crippen LogP contribution in [-0.2, 0) is 0 Å². The number of halogens is 2. The molecule has 166 valence electrons. The first kappa shape index (κ1) is 22.2. The minimum atomic E-state index is 0.511. The van der Waals surface area contributed by atoms with Gasteiger partial charge in [0.05, 0.1) is 28.4 Å². The van der Waals surface area contributed by atoms with Crippen LogP contribution in [0.4, 0.5) is 5.82 Å². The van der Waals surface area contributed by atoms with Gasteiger partial charge in [0.25, 0.3) is 0 Å². The average Bonchev–Trinajstić information content (AvgIpc) is 3.07. The summed E-state index contributed by atoms with van der Waals surface area (Å²) < 4.78 is 7.12. The molecule has 8 heteroatoms. The van der Waals surface area contributed by atoms with E-state index in [0.29, 0.717) is 21.8 Å². The van der Waals surface area contributed by atoms with Gasteiger partial charge in [-0.2, -0.15) is 9.61 Å². The van der Waals surface area contributed by atoms with Gasteiger partial charge in [0.2, 0.25) is 0 Å². The topological polar surface area (TPSA) is 63.5 Å². The highest BCUT2D eigenvalue weighted by atomic mass is 35.5. The number of nitrogens with zero attached hydrogens (tertiary/aromatic N) is 3.